The van der Waals surface area contributed by atoms with Crippen LogP contribution >= 0.6 is 15.9 Å². The summed E-state index contributed by atoms with van der Waals surface area (Å²) in [4.78, 5) is 26.4. The lowest BCUT2D eigenvalue weighted by Gasteiger charge is -2.20. The van der Waals surface area contributed by atoms with Crippen LogP contribution in [0.25, 0.3) is 0 Å². The third kappa shape index (κ3) is 5.25. The molecule has 0 fully saturated rings. The van der Waals surface area contributed by atoms with Gasteiger partial charge in [-0.3, -0.25) is 9.59 Å². The number of amides is 1. The Hall–Kier alpha value is -1.97. The first-order chi connectivity index (χ1) is 11.5. The van der Waals surface area contributed by atoms with Gasteiger partial charge in [-0.25, -0.2) is 13.1 Å². The van der Waals surface area contributed by atoms with Gasteiger partial charge < -0.3 is 10.3 Å². The lowest BCUT2D eigenvalue weighted by molar-refractivity contribution is 0.102. The highest BCUT2D eigenvalue weighted by atomic mass is 79.9. The molecule has 1 amide bonds. The van der Waals surface area contributed by atoms with Gasteiger partial charge in [0, 0.05) is 21.8 Å². The molecule has 2 rings (SSSR count). The summed E-state index contributed by atoms with van der Waals surface area (Å²) in [6.07, 6.45) is 1.46. The number of nitrogens with one attached hydrogen (secondary N) is 3. The Morgan fingerprint density at radius 1 is 1.16 bits per heavy atom. The summed E-state index contributed by atoms with van der Waals surface area (Å²) >= 11 is 3.20. The molecule has 0 radical (unpaired) electrons. The third-order valence-electron chi connectivity index (χ3n) is 2.98. The number of aromatic nitrogens is 1. The third-order valence-corrected chi connectivity index (χ3v) is 5.22. The minimum Gasteiger partial charge on any atom is -0.326 e. The Morgan fingerprint density at radius 2 is 1.76 bits per heavy atom. The molecule has 7 nitrogen and oxygen atoms in total. The summed E-state index contributed by atoms with van der Waals surface area (Å²) in [6, 6.07) is 6.93. The second-order valence-corrected chi connectivity index (χ2v) is 8.99. The SMILES string of the molecule is CC(C)(C)NS(=O)(=O)c1ccc(C(=O)Nc2cc(Br)c[nH]c2=O)cc1. The van der Waals surface area contributed by atoms with Crippen molar-refractivity contribution in [1.82, 2.24) is 9.71 Å². The Balaban J connectivity index is 2.21. The number of carbonyl (C=O) groups excluding carboxylic acids is 1. The number of aromatic amines is 1. The van der Waals surface area contributed by atoms with Crippen LogP contribution in [0.5, 0.6) is 0 Å². The van der Waals surface area contributed by atoms with Gasteiger partial charge in [-0.2, -0.15) is 0 Å². The van der Waals surface area contributed by atoms with Crippen molar-refractivity contribution in [2.45, 2.75) is 31.2 Å². The minimum atomic E-state index is -3.67. The van der Waals surface area contributed by atoms with E-state index in [1.54, 1.807) is 20.8 Å². The molecule has 0 atom stereocenters. The van der Waals surface area contributed by atoms with Gasteiger partial charge in [0.15, 0.2) is 0 Å². The Bertz CT molecular complexity index is 945. The second-order valence-electron chi connectivity index (χ2n) is 6.39. The number of H-pyrrole nitrogens is 1. The lowest BCUT2D eigenvalue weighted by Crippen LogP contribution is -2.40. The quantitative estimate of drug-likeness (QED) is 0.695. The van der Waals surface area contributed by atoms with Crippen molar-refractivity contribution in [1.29, 1.82) is 0 Å². The number of anilines is 1. The molecule has 134 valence electrons. The van der Waals surface area contributed by atoms with Crippen LogP contribution in [0.1, 0.15) is 31.1 Å². The molecule has 1 aromatic heterocycles. The van der Waals surface area contributed by atoms with Crippen LogP contribution in [0.4, 0.5) is 5.69 Å². The molecule has 25 heavy (non-hydrogen) atoms. The molecular formula is C16H18BrN3O4S. The molecule has 0 saturated carbocycles. The van der Waals surface area contributed by atoms with E-state index in [0.717, 1.165) is 0 Å². The average Bonchev–Trinajstić information content (AvgIpc) is 2.48. The van der Waals surface area contributed by atoms with Gasteiger partial charge in [-0.1, -0.05) is 0 Å². The van der Waals surface area contributed by atoms with Crippen LogP contribution in [0.2, 0.25) is 0 Å². The van der Waals surface area contributed by atoms with E-state index in [0.29, 0.717) is 4.47 Å². The zero-order chi connectivity index (χ0) is 18.8. The molecule has 1 heterocycles. The smallest absolute Gasteiger partial charge is 0.271 e. The average molecular weight is 428 g/mol. The summed E-state index contributed by atoms with van der Waals surface area (Å²) in [6.45, 7) is 5.21. The summed E-state index contributed by atoms with van der Waals surface area (Å²) < 4.78 is 27.6. The van der Waals surface area contributed by atoms with Gasteiger partial charge in [0.05, 0.1) is 4.90 Å². The monoisotopic (exact) mass is 427 g/mol. The first-order valence-corrected chi connectivity index (χ1v) is 9.59. The topological polar surface area (TPSA) is 108 Å². The molecule has 0 bridgehead atoms. The second kappa shape index (κ2) is 7.11. The number of hydrogen-bond donors (Lipinski definition) is 3. The molecule has 0 spiro atoms. The van der Waals surface area contributed by atoms with E-state index in [1.165, 1.54) is 36.5 Å². The lowest BCUT2D eigenvalue weighted by atomic mass is 10.1. The fourth-order valence-electron chi connectivity index (χ4n) is 1.99. The predicted molar refractivity (Wildman–Crippen MR) is 99.2 cm³/mol. The number of rotatable bonds is 4. The summed E-state index contributed by atoms with van der Waals surface area (Å²) in [5, 5.41) is 2.49. The van der Waals surface area contributed by atoms with E-state index in [2.05, 4.69) is 31.0 Å². The Labute approximate surface area is 154 Å². The maximum Gasteiger partial charge on any atom is 0.271 e. The number of pyridine rings is 1. The highest BCUT2D eigenvalue weighted by Crippen LogP contribution is 2.15. The zero-order valence-electron chi connectivity index (χ0n) is 13.9. The van der Waals surface area contributed by atoms with Crippen LogP contribution in [0.3, 0.4) is 0 Å². The fraction of sp³-hybridized carbons (Fsp3) is 0.250. The molecule has 1 aromatic carbocycles. The van der Waals surface area contributed by atoms with E-state index < -0.39 is 27.0 Å². The van der Waals surface area contributed by atoms with E-state index in [4.69, 9.17) is 0 Å². The maximum absolute atomic E-state index is 12.2. The van der Waals surface area contributed by atoms with E-state index in [9.17, 15) is 18.0 Å². The van der Waals surface area contributed by atoms with Crippen LogP contribution in [-0.2, 0) is 10.0 Å². The fourth-order valence-corrected chi connectivity index (χ4v) is 3.75. The molecule has 0 aliphatic heterocycles. The van der Waals surface area contributed by atoms with Gasteiger partial charge in [-0.05, 0) is 67.0 Å². The van der Waals surface area contributed by atoms with Gasteiger partial charge in [0.25, 0.3) is 11.5 Å². The van der Waals surface area contributed by atoms with Crippen molar-refractivity contribution in [2.24, 2.45) is 0 Å². The number of halogens is 1. The van der Waals surface area contributed by atoms with Crippen molar-refractivity contribution < 1.29 is 13.2 Å². The molecule has 0 aliphatic rings. The van der Waals surface area contributed by atoms with Crippen molar-refractivity contribution in [3.8, 4) is 0 Å². The summed E-state index contributed by atoms with van der Waals surface area (Å²) in [7, 11) is -3.67. The molecule has 0 aliphatic carbocycles. The normalized spacial score (nSPS) is 12.0. The van der Waals surface area contributed by atoms with Gasteiger partial charge in [0.1, 0.15) is 5.69 Å². The van der Waals surface area contributed by atoms with E-state index in [-0.39, 0.29) is 16.1 Å². The summed E-state index contributed by atoms with van der Waals surface area (Å²) in [5.74, 6) is -0.517. The first kappa shape index (κ1) is 19.4. The highest BCUT2D eigenvalue weighted by molar-refractivity contribution is 9.10. The molecular weight excluding hydrogens is 410 g/mol. The van der Waals surface area contributed by atoms with Crippen LogP contribution in [-0.4, -0.2) is 24.8 Å². The van der Waals surface area contributed by atoms with Crippen LogP contribution in [0.15, 0.2) is 50.7 Å². The molecule has 0 saturated heterocycles. The van der Waals surface area contributed by atoms with Crippen molar-refractivity contribution >= 4 is 37.5 Å². The number of carbonyl (C=O) groups is 1. The van der Waals surface area contributed by atoms with Gasteiger partial charge in [-0.15, -0.1) is 0 Å². The zero-order valence-corrected chi connectivity index (χ0v) is 16.3. The standard InChI is InChI=1S/C16H18BrN3O4S/c1-16(2,3)20-25(23,24)12-6-4-10(5-7-12)14(21)19-13-8-11(17)9-18-15(13)22/h4-9,20H,1-3H3,(H,18,22)(H,19,21). The van der Waals surface area contributed by atoms with E-state index in [1.807, 2.05) is 0 Å². The van der Waals surface area contributed by atoms with Crippen LogP contribution < -0.4 is 15.6 Å². The van der Waals surface area contributed by atoms with Crippen molar-refractivity contribution in [3.63, 3.8) is 0 Å². The van der Waals surface area contributed by atoms with Gasteiger partial charge in [0.2, 0.25) is 10.0 Å². The van der Waals surface area contributed by atoms with E-state index >= 15 is 0 Å². The van der Waals surface area contributed by atoms with Gasteiger partial charge >= 0.3 is 0 Å². The minimum absolute atomic E-state index is 0.0549. The molecule has 0 unspecified atom stereocenters. The Kier molecular flexibility index (Phi) is 5.50. The predicted octanol–water partition coefficient (Wildman–Crippen LogP) is 2.47. The van der Waals surface area contributed by atoms with Crippen molar-refractivity contribution in [2.75, 3.05) is 5.32 Å². The molecule has 9 heteroatoms. The first-order valence-electron chi connectivity index (χ1n) is 7.31. The maximum atomic E-state index is 12.2. The molecule has 3 N–H and O–H groups in total. The number of benzene rings is 1. The Morgan fingerprint density at radius 3 is 2.32 bits per heavy atom. The number of sulfonamides is 1. The van der Waals surface area contributed by atoms with Crippen LogP contribution in [0, 0.1) is 0 Å². The van der Waals surface area contributed by atoms with Crippen molar-refractivity contribution in [3.05, 3.63) is 56.9 Å². The largest absolute Gasteiger partial charge is 0.326 e. The molecule has 2 aromatic rings. The summed E-state index contributed by atoms with van der Waals surface area (Å²) in [5.41, 5.74) is -0.735. The number of hydrogen-bond acceptors (Lipinski definition) is 4. The highest BCUT2D eigenvalue weighted by Gasteiger charge is 2.22.